The fourth-order valence-electron chi connectivity index (χ4n) is 2.40. The molecule has 94 valence electrons. The Labute approximate surface area is 113 Å². The zero-order valence-electron chi connectivity index (χ0n) is 10.7. The van der Waals surface area contributed by atoms with E-state index in [1.54, 1.807) is 0 Å². The van der Waals surface area contributed by atoms with Gasteiger partial charge in [0.15, 0.2) is 0 Å². The van der Waals surface area contributed by atoms with E-state index in [0.29, 0.717) is 6.04 Å². The summed E-state index contributed by atoms with van der Waals surface area (Å²) in [6, 6.07) is 9.29. The maximum Gasteiger partial charge on any atom is 0.0178 e. The molecule has 0 radical (unpaired) electrons. The third kappa shape index (κ3) is 3.80. The van der Waals surface area contributed by atoms with Crippen molar-refractivity contribution in [1.82, 2.24) is 9.80 Å². The van der Waals surface area contributed by atoms with Crippen molar-refractivity contribution in [3.63, 3.8) is 0 Å². The van der Waals surface area contributed by atoms with Crippen molar-refractivity contribution in [2.75, 3.05) is 33.2 Å². The molecular formula is C14H21BrN2. The van der Waals surface area contributed by atoms with E-state index < -0.39 is 0 Å². The zero-order valence-corrected chi connectivity index (χ0v) is 12.3. The Hall–Kier alpha value is -0.380. The van der Waals surface area contributed by atoms with Crippen molar-refractivity contribution in [3.05, 3.63) is 34.3 Å². The fraction of sp³-hybridized carbons (Fsp3) is 0.571. The van der Waals surface area contributed by atoms with Crippen LogP contribution in [0.2, 0.25) is 0 Å². The predicted molar refractivity (Wildman–Crippen MR) is 76.4 cm³/mol. The van der Waals surface area contributed by atoms with E-state index in [1.807, 2.05) is 0 Å². The first-order valence-corrected chi connectivity index (χ1v) is 7.11. The van der Waals surface area contributed by atoms with Crippen molar-refractivity contribution >= 4 is 15.9 Å². The Bertz CT molecular complexity index is 359. The summed E-state index contributed by atoms with van der Waals surface area (Å²) in [6.07, 6.45) is 1.14. The van der Waals surface area contributed by atoms with Crippen LogP contribution < -0.4 is 0 Å². The number of likely N-dealkylation sites (N-methyl/N-ethyl adjacent to an activating group) is 1. The molecule has 0 spiro atoms. The Morgan fingerprint density at radius 3 is 2.59 bits per heavy atom. The van der Waals surface area contributed by atoms with Gasteiger partial charge in [-0.1, -0.05) is 28.1 Å². The van der Waals surface area contributed by atoms with Gasteiger partial charge in [0.1, 0.15) is 0 Å². The summed E-state index contributed by atoms with van der Waals surface area (Å²) in [4.78, 5) is 5.00. The molecule has 1 fully saturated rings. The first kappa shape index (κ1) is 13.1. The molecule has 0 amide bonds. The molecule has 3 heteroatoms. The van der Waals surface area contributed by atoms with Crippen LogP contribution in [0.3, 0.4) is 0 Å². The summed E-state index contributed by atoms with van der Waals surface area (Å²) < 4.78 is 1.18. The third-order valence-corrected chi connectivity index (χ3v) is 4.07. The average Bonchev–Trinajstić information content (AvgIpc) is 2.29. The maximum atomic E-state index is 3.54. The Balaban J connectivity index is 1.90. The van der Waals surface area contributed by atoms with Gasteiger partial charge in [0.05, 0.1) is 0 Å². The highest BCUT2D eigenvalue weighted by Gasteiger charge is 2.19. The molecule has 1 heterocycles. The van der Waals surface area contributed by atoms with Gasteiger partial charge in [-0.2, -0.15) is 0 Å². The lowest BCUT2D eigenvalue weighted by molar-refractivity contribution is 0.118. The van der Waals surface area contributed by atoms with Gasteiger partial charge in [0, 0.05) is 36.7 Å². The van der Waals surface area contributed by atoms with Gasteiger partial charge in [0.2, 0.25) is 0 Å². The smallest absolute Gasteiger partial charge is 0.0178 e. The first-order valence-electron chi connectivity index (χ1n) is 6.32. The maximum absolute atomic E-state index is 3.54. The van der Waals surface area contributed by atoms with Gasteiger partial charge in [-0.15, -0.1) is 0 Å². The van der Waals surface area contributed by atoms with Crippen LogP contribution >= 0.6 is 15.9 Å². The van der Waals surface area contributed by atoms with E-state index >= 15 is 0 Å². The molecule has 1 aliphatic heterocycles. The minimum Gasteiger partial charge on any atom is -0.304 e. The molecule has 2 rings (SSSR count). The molecule has 0 aliphatic carbocycles. The summed E-state index contributed by atoms with van der Waals surface area (Å²) in [5.41, 5.74) is 1.42. The minimum atomic E-state index is 0.637. The molecule has 17 heavy (non-hydrogen) atoms. The normalized spacial score (nSPS) is 20.4. The summed E-state index contributed by atoms with van der Waals surface area (Å²) in [7, 11) is 2.20. The van der Waals surface area contributed by atoms with Gasteiger partial charge in [-0.3, -0.25) is 4.90 Å². The molecule has 0 bridgehead atoms. The molecule has 0 aromatic heterocycles. The monoisotopic (exact) mass is 296 g/mol. The van der Waals surface area contributed by atoms with E-state index in [-0.39, 0.29) is 0 Å². The van der Waals surface area contributed by atoms with Gasteiger partial charge < -0.3 is 4.90 Å². The number of rotatable bonds is 3. The Morgan fingerprint density at radius 2 is 1.94 bits per heavy atom. The van der Waals surface area contributed by atoms with Crippen LogP contribution in [0.1, 0.15) is 12.5 Å². The summed E-state index contributed by atoms with van der Waals surface area (Å²) in [6.45, 7) is 7.13. The quantitative estimate of drug-likeness (QED) is 0.846. The van der Waals surface area contributed by atoms with Crippen molar-refractivity contribution in [1.29, 1.82) is 0 Å². The number of hydrogen-bond donors (Lipinski definition) is 0. The lowest BCUT2D eigenvalue weighted by Gasteiger charge is -2.36. The fourth-order valence-corrected chi connectivity index (χ4v) is 2.84. The second kappa shape index (κ2) is 5.98. The van der Waals surface area contributed by atoms with Crippen LogP contribution in [0.4, 0.5) is 0 Å². The van der Waals surface area contributed by atoms with E-state index in [2.05, 4.69) is 64.0 Å². The summed E-state index contributed by atoms with van der Waals surface area (Å²) >= 11 is 3.54. The molecule has 1 atom stereocenters. The number of piperazine rings is 1. The zero-order chi connectivity index (χ0) is 12.3. The minimum absolute atomic E-state index is 0.637. The SMILES string of the molecule is CC(Cc1cccc(Br)c1)N1CCN(C)CC1. The largest absolute Gasteiger partial charge is 0.304 e. The van der Waals surface area contributed by atoms with E-state index in [9.17, 15) is 0 Å². The Kier molecular flexibility index (Phi) is 4.60. The third-order valence-electron chi connectivity index (χ3n) is 3.58. The highest BCUT2D eigenvalue weighted by Crippen LogP contribution is 2.15. The predicted octanol–water partition coefficient (Wildman–Crippen LogP) is 2.63. The molecule has 1 unspecified atom stereocenters. The number of halogens is 1. The summed E-state index contributed by atoms with van der Waals surface area (Å²) in [5, 5.41) is 0. The number of nitrogens with zero attached hydrogens (tertiary/aromatic N) is 2. The molecule has 1 aliphatic rings. The van der Waals surface area contributed by atoms with Crippen LogP contribution in [-0.4, -0.2) is 49.1 Å². The van der Waals surface area contributed by atoms with Gasteiger partial charge >= 0.3 is 0 Å². The van der Waals surface area contributed by atoms with E-state index in [1.165, 1.54) is 36.2 Å². The highest BCUT2D eigenvalue weighted by molar-refractivity contribution is 9.10. The second-order valence-corrected chi connectivity index (χ2v) is 5.94. The standard InChI is InChI=1S/C14H21BrN2/c1-12(17-8-6-16(2)7-9-17)10-13-4-3-5-14(15)11-13/h3-5,11-12H,6-10H2,1-2H3. The van der Waals surface area contributed by atoms with E-state index in [0.717, 1.165) is 6.42 Å². The molecular weight excluding hydrogens is 276 g/mol. The van der Waals surface area contributed by atoms with Gasteiger partial charge in [0.25, 0.3) is 0 Å². The van der Waals surface area contributed by atoms with Crippen LogP contribution in [-0.2, 0) is 6.42 Å². The van der Waals surface area contributed by atoms with Crippen molar-refractivity contribution < 1.29 is 0 Å². The van der Waals surface area contributed by atoms with Crippen LogP contribution in [0.15, 0.2) is 28.7 Å². The molecule has 1 saturated heterocycles. The highest BCUT2D eigenvalue weighted by atomic mass is 79.9. The molecule has 2 nitrogen and oxygen atoms in total. The van der Waals surface area contributed by atoms with Gasteiger partial charge in [-0.05, 0) is 38.1 Å². The van der Waals surface area contributed by atoms with Crippen molar-refractivity contribution in [3.8, 4) is 0 Å². The lowest BCUT2D eigenvalue weighted by atomic mass is 10.1. The second-order valence-electron chi connectivity index (χ2n) is 5.02. The van der Waals surface area contributed by atoms with E-state index in [4.69, 9.17) is 0 Å². The Morgan fingerprint density at radius 1 is 1.24 bits per heavy atom. The molecule has 1 aromatic rings. The molecule has 0 N–H and O–H groups in total. The number of benzene rings is 1. The summed E-state index contributed by atoms with van der Waals surface area (Å²) in [5.74, 6) is 0. The molecule has 0 saturated carbocycles. The van der Waals surface area contributed by atoms with Crippen LogP contribution in [0.25, 0.3) is 0 Å². The van der Waals surface area contributed by atoms with Crippen LogP contribution in [0, 0.1) is 0 Å². The van der Waals surface area contributed by atoms with Crippen LogP contribution in [0.5, 0.6) is 0 Å². The van der Waals surface area contributed by atoms with Crippen molar-refractivity contribution in [2.45, 2.75) is 19.4 Å². The molecule has 1 aromatic carbocycles. The average molecular weight is 297 g/mol. The number of hydrogen-bond acceptors (Lipinski definition) is 2. The van der Waals surface area contributed by atoms with Crippen molar-refractivity contribution in [2.24, 2.45) is 0 Å². The van der Waals surface area contributed by atoms with Gasteiger partial charge in [-0.25, -0.2) is 0 Å². The topological polar surface area (TPSA) is 6.48 Å². The first-order chi connectivity index (χ1) is 8.15. The lowest BCUT2D eigenvalue weighted by Crippen LogP contribution is -2.48.